The van der Waals surface area contributed by atoms with Crippen molar-refractivity contribution in [1.82, 2.24) is 4.90 Å². The maximum Gasteiger partial charge on any atom is 0.236 e. The summed E-state index contributed by atoms with van der Waals surface area (Å²) >= 11 is 0. The molecule has 6 heteroatoms. The molecule has 1 rings (SSSR count). The quantitative estimate of drug-likeness (QED) is 0.325. The summed E-state index contributed by atoms with van der Waals surface area (Å²) in [4.78, 5) is 14.1. The van der Waals surface area contributed by atoms with E-state index in [0.717, 1.165) is 0 Å². The molecule has 0 spiro atoms. The Morgan fingerprint density at radius 3 is 2.82 bits per heavy atom. The van der Waals surface area contributed by atoms with E-state index in [4.69, 9.17) is 15.7 Å². The third-order valence-corrected chi connectivity index (χ3v) is 3.38. The number of amides is 1. The maximum absolute atomic E-state index is 12.4. The molecule has 0 aliphatic carbocycles. The summed E-state index contributed by atoms with van der Waals surface area (Å²) in [5, 5.41) is 11.8. The zero-order valence-electron chi connectivity index (χ0n) is 10.6. The molecular formula is C11H21N3O3. The number of carbonyl (C=O) groups excluding carboxylic acids is 1. The molecule has 98 valence electrons. The summed E-state index contributed by atoms with van der Waals surface area (Å²) in [5.74, 6) is -0.144. The standard InChI is InChI=1S/C11H21N3O3/c1-4-11(3,9(12)13-16)10(15)14-5-6-17-8(2)7-14/h8,16H,4-7H2,1-3H3,(H2,12,13). The van der Waals surface area contributed by atoms with E-state index in [1.54, 1.807) is 11.8 Å². The second kappa shape index (κ2) is 5.35. The molecule has 0 saturated carbocycles. The van der Waals surface area contributed by atoms with Gasteiger partial charge in [0, 0.05) is 13.1 Å². The van der Waals surface area contributed by atoms with E-state index >= 15 is 0 Å². The smallest absolute Gasteiger partial charge is 0.236 e. The summed E-state index contributed by atoms with van der Waals surface area (Å²) in [5.41, 5.74) is 4.69. The summed E-state index contributed by atoms with van der Waals surface area (Å²) in [6.45, 7) is 7.10. The highest BCUT2D eigenvalue weighted by Gasteiger charge is 2.40. The summed E-state index contributed by atoms with van der Waals surface area (Å²) in [6, 6.07) is 0. The van der Waals surface area contributed by atoms with Crippen LogP contribution in [0.2, 0.25) is 0 Å². The minimum absolute atomic E-state index is 0.0288. The fourth-order valence-electron chi connectivity index (χ4n) is 1.90. The van der Waals surface area contributed by atoms with Crippen molar-refractivity contribution in [3.8, 4) is 0 Å². The number of nitrogens with zero attached hydrogens (tertiary/aromatic N) is 2. The number of hydrogen-bond acceptors (Lipinski definition) is 4. The third-order valence-electron chi connectivity index (χ3n) is 3.38. The van der Waals surface area contributed by atoms with Crippen LogP contribution in [0.25, 0.3) is 0 Å². The van der Waals surface area contributed by atoms with E-state index in [9.17, 15) is 4.79 Å². The lowest BCUT2D eigenvalue weighted by molar-refractivity contribution is -0.144. The number of hydrogen-bond donors (Lipinski definition) is 2. The average molecular weight is 243 g/mol. The Hall–Kier alpha value is -1.30. The molecule has 2 unspecified atom stereocenters. The fraction of sp³-hybridized carbons (Fsp3) is 0.818. The highest BCUT2D eigenvalue weighted by molar-refractivity contribution is 6.06. The Labute approximate surface area is 101 Å². The summed E-state index contributed by atoms with van der Waals surface area (Å²) in [6.07, 6.45) is 0.522. The molecule has 1 saturated heterocycles. The first-order valence-corrected chi connectivity index (χ1v) is 5.84. The van der Waals surface area contributed by atoms with Crippen LogP contribution < -0.4 is 5.73 Å². The van der Waals surface area contributed by atoms with Crippen LogP contribution in [0.4, 0.5) is 0 Å². The van der Waals surface area contributed by atoms with Crippen molar-refractivity contribution in [2.75, 3.05) is 19.7 Å². The van der Waals surface area contributed by atoms with Gasteiger partial charge in [0.05, 0.1) is 12.7 Å². The van der Waals surface area contributed by atoms with Crippen LogP contribution in [0, 0.1) is 5.41 Å². The number of amidine groups is 1. The van der Waals surface area contributed by atoms with Crippen LogP contribution >= 0.6 is 0 Å². The molecule has 17 heavy (non-hydrogen) atoms. The van der Waals surface area contributed by atoms with E-state index in [0.29, 0.717) is 26.1 Å². The lowest BCUT2D eigenvalue weighted by atomic mass is 9.84. The molecule has 1 heterocycles. The Bertz CT molecular complexity index is 319. The molecular weight excluding hydrogens is 222 g/mol. The van der Waals surface area contributed by atoms with Crippen molar-refractivity contribution < 1.29 is 14.7 Å². The number of rotatable bonds is 3. The molecule has 0 aromatic rings. The summed E-state index contributed by atoms with van der Waals surface area (Å²) in [7, 11) is 0. The average Bonchev–Trinajstić information content (AvgIpc) is 2.35. The van der Waals surface area contributed by atoms with Gasteiger partial charge in [-0.3, -0.25) is 4.79 Å². The number of oxime groups is 1. The molecule has 1 amide bonds. The molecule has 6 nitrogen and oxygen atoms in total. The third kappa shape index (κ3) is 2.69. The molecule has 3 N–H and O–H groups in total. The molecule has 0 radical (unpaired) electrons. The minimum atomic E-state index is -0.939. The van der Waals surface area contributed by atoms with Gasteiger partial charge in [0.25, 0.3) is 0 Å². The first-order chi connectivity index (χ1) is 7.95. The number of morpholine rings is 1. The maximum atomic E-state index is 12.4. The van der Waals surface area contributed by atoms with E-state index < -0.39 is 5.41 Å². The van der Waals surface area contributed by atoms with Crippen molar-refractivity contribution in [3.05, 3.63) is 0 Å². The van der Waals surface area contributed by atoms with Crippen LogP contribution in [0.3, 0.4) is 0 Å². The van der Waals surface area contributed by atoms with Gasteiger partial charge < -0.3 is 20.6 Å². The van der Waals surface area contributed by atoms with Gasteiger partial charge in [-0.05, 0) is 20.3 Å². The Kier molecular flexibility index (Phi) is 4.34. The predicted octanol–water partition coefficient (Wildman–Crippen LogP) is 0.396. The normalized spacial score (nSPS) is 25.5. The Morgan fingerprint density at radius 2 is 2.35 bits per heavy atom. The topological polar surface area (TPSA) is 88.2 Å². The largest absolute Gasteiger partial charge is 0.409 e. The zero-order chi connectivity index (χ0) is 13.1. The lowest BCUT2D eigenvalue weighted by Gasteiger charge is -2.37. The lowest BCUT2D eigenvalue weighted by Crippen LogP contribution is -2.54. The molecule has 1 aliphatic rings. The second-order valence-electron chi connectivity index (χ2n) is 4.60. The SMILES string of the molecule is CCC(C)(C(=O)N1CCOC(C)C1)C(N)=NO. The molecule has 0 bridgehead atoms. The summed E-state index contributed by atoms with van der Waals surface area (Å²) < 4.78 is 5.39. The highest BCUT2D eigenvalue weighted by atomic mass is 16.5. The Balaban J connectivity index is 2.85. The molecule has 0 aromatic heterocycles. The first kappa shape index (κ1) is 13.8. The van der Waals surface area contributed by atoms with Crippen molar-refractivity contribution in [1.29, 1.82) is 0 Å². The molecule has 1 fully saturated rings. The van der Waals surface area contributed by atoms with E-state index in [-0.39, 0.29) is 17.8 Å². The van der Waals surface area contributed by atoms with Gasteiger partial charge >= 0.3 is 0 Å². The highest BCUT2D eigenvalue weighted by Crippen LogP contribution is 2.25. The molecule has 0 aromatic carbocycles. The number of ether oxygens (including phenoxy) is 1. The van der Waals surface area contributed by atoms with Crippen molar-refractivity contribution in [3.63, 3.8) is 0 Å². The van der Waals surface area contributed by atoms with Crippen LogP contribution in [0.5, 0.6) is 0 Å². The molecule has 1 aliphatic heterocycles. The fourth-order valence-corrected chi connectivity index (χ4v) is 1.90. The van der Waals surface area contributed by atoms with Gasteiger partial charge in [0.1, 0.15) is 5.41 Å². The first-order valence-electron chi connectivity index (χ1n) is 5.84. The van der Waals surface area contributed by atoms with Crippen molar-refractivity contribution >= 4 is 11.7 Å². The van der Waals surface area contributed by atoms with Gasteiger partial charge in [0.2, 0.25) is 5.91 Å². The van der Waals surface area contributed by atoms with Crippen molar-refractivity contribution in [2.24, 2.45) is 16.3 Å². The zero-order valence-corrected chi connectivity index (χ0v) is 10.6. The van der Waals surface area contributed by atoms with Gasteiger partial charge in [-0.15, -0.1) is 0 Å². The number of nitrogens with two attached hydrogens (primary N) is 1. The van der Waals surface area contributed by atoms with E-state index in [2.05, 4.69) is 5.16 Å². The van der Waals surface area contributed by atoms with Crippen LogP contribution in [-0.2, 0) is 9.53 Å². The van der Waals surface area contributed by atoms with E-state index in [1.807, 2.05) is 13.8 Å². The van der Waals surface area contributed by atoms with Gasteiger partial charge in [-0.1, -0.05) is 12.1 Å². The van der Waals surface area contributed by atoms with Crippen LogP contribution in [-0.4, -0.2) is 47.7 Å². The Morgan fingerprint density at radius 1 is 1.71 bits per heavy atom. The van der Waals surface area contributed by atoms with Crippen LogP contribution in [0.1, 0.15) is 27.2 Å². The predicted molar refractivity (Wildman–Crippen MR) is 63.8 cm³/mol. The van der Waals surface area contributed by atoms with E-state index in [1.165, 1.54) is 0 Å². The van der Waals surface area contributed by atoms with Gasteiger partial charge in [-0.25, -0.2) is 0 Å². The van der Waals surface area contributed by atoms with Gasteiger partial charge in [0.15, 0.2) is 5.84 Å². The minimum Gasteiger partial charge on any atom is -0.409 e. The number of carbonyl (C=O) groups is 1. The molecule has 2 atom stereocenters. The van der Waals surface area contributed by atoms with Gasteiger partial charge in [-0.2, -0.15) is 0 Å². The monoisotopic (exact) mass is 243 g/mol. The second-order valence-corrected chi connectivity index (χ2v) is 4.60. The van der Waals surface area contributed by atoms with Crippen molar-refractivity contribution in [2.45, 2.75) is 33.3 Å². The van der Waals surface area contributed by atoms with Crippen LogP contribution in [0.15, 0.2) is 5.16 Å².